The number of hydrogen-bond donors (Lipinski definition) is 1. The van der Waals surface area contributed by atoms with Gasteiger partial charge < -0.3 is 10.1 Å². The lowest BCUT2D eigenvalue weighted by molar-refractivity contribution is -0.119. The van der Waals surface area contributed by atoms with Gasteiger partial charge in [-0.3, -0.25) is 4.79 Å². The molecule has 0 rings (SSSR count). The fourth-order valence-corrected chi connectivity index (χ4v) is 0.673. The molecule has 0 bridgehead atoms. The summed E-state index contributed by atoms with van der Waals surface area (Å²) < 4.78 is 0. The zero-order valence-corrected chi connectivity index (χ0v) is 7.62. The summed E-state index contributed by atoms with van der Waals surface area (Å²) in [6.45, 7) is 5.37. The van der Waals surface area contributed by atoms with Crippen LogP contribution in [0, 0.1) is 0 Å². The second kappa shape index (κ2) is 7.03. The first-order valence-electron chi connectivity index (χ1n) is 3.93. The Kier molecular flexibility index (Phi) is 6.15. The number of rotatable bonds is 5. The van der Waals surface area contributed by atoms with Crippen LogP contribution in [0.3, 0.4) is 0 Å². The third kappa shape index (κ3) is 4.74. The summed E-state index contributed by atoms with van der Waals surface area (Å²) in [5.74, 6) is -0.291. The van der Waals surface area contributed by atoms with Crippen LogP contribution in [0.25, 0.3) is 0 Å². The van der Waals surface area contributed by atoms with E-state index in [9.17, 15) is 9.59 Å². The lowest BCUT2D eigenvalue weighted by atomic mass is 10.2. The summed E-state index contributed by atoms with van der Waals surface area (Å²) in [6.07, 6.45) is 7.25. The monoisotopic (exact) mass is 179 g/mol. The Balaban J connectivity index is 4.30. The van der Waals surface area contributed by atoms with E-state index in [4.69, 9.17) is 0 Å². The summed E-state index contributed by atoms with van der Waals surface area (Å²) >= 11 is 0. The maximum atomic E-state index is 11.2. The summed E-state index contributed by atoms with van der Waals surface area (Å²) in [7, 11) is 0. The molecular weight excluding hydrogens is 166 g/mol. The topological polar surface area (TPSA) is 46.2 Å². The molecule has 1 N–H and O–H groups in total. The first kappa shape index (κ1) is 11.4. The van der Waals surface area contributed by atoms with E-state index in [0.717, 1.165) is 0 Å². The molecule has 0 aromatic carbocycles. The van der Waals surface area contributed by atoms with Gasteiger partial charge in [-0.25, -0.2) is 0 Å². The molecule has 0 spiro atoms. The van der Waals surface area contributed by atoms with Crippen molar-refractivity contribution in [2.75, 3.05) is 6.54 Å². The maximum absolute atomic E-state index is 11.2. The number of carbonyl (C=O) groups is 2. The van der Waals surface area contributed by atoms with Crippen LogP contribution in [0.5, 0.6) is 0 Å². The quantitative estimate of drug-likeness (QED) is 0.388. The second-order valence-corrected chi connectivity index (χ2v) is 2.23. The number of hydrogen-bond acceptors (Lipinski definition) is 2. The third-order valence-corrected chi connectivity index (χ3v) is 1.30. The third-order valence-electron chi connectivity index (χ3n) is 1.30. The first-order valence-corrected chi connectivity index (χ1v) is 3.93. The summed E-state index contributed by atoms with van der Waals surface area (Å²) in [5.41, 5.74) is 0.444. The average molecular weight is 179 g/mol. The molecule has 3 heteroatoms. The standard InChI is InChI=1S/C10H13NO2/c1-3-5-6-9(4-2)10(13)11-7-8-12/h3-6,8H,2,7H2,1H3,(H,11,13)/b5-3-,9-6+. The van der Waals surface area contributed by atoms with Crippen LogP contribution in [-0.2, 0) is 9.59 Å². The predicted molar refractivity (Wildman–Crippen MR) is 52.2 cm³/mol. The first-order chi connectivity index (χ1) is 6.26. The van der Waals surface area contributed by atoms with Gasteiger partial charge in [-0.1, -0.05) is 24.8 Å². The zero-order valence-electron chi connectivity index (χ0n) is 7.62. The number of aldehydes is 1. The highest BCUT2D eigenvalue weighted by Gasteiger charge is 2.02. The Morgan fingerprint density at radius 2 is 2.23 bits per heavy atom. The summed E-state index contributed by atoms with van der Waals surface area (Å²) in [5, 5.41) is 2.41. The van der Waals surface area contributed by atoms with E-state index < -0.39 is 0 Å². The van der Waals surface area contributed by atoms with Gasteiger partial charge in [0.1, 0.15) is 6.29 Å². The Bertz CT molecular complexity index is 252. The van der Waals surface area contributed by atoms with Crippen molar-refractivity contribution in [1.82, 2.24) is 5.32 Å². The van der Waals surface area contributed by atoms with E-state index >= 15 is 0 Å². The van der Waals surface area contributed by atoms with E-state index in [1.165, 1.54) is 6.08 Å². The van der Waals surface area contributed by atoms with Crippen LogP contribution < -0.4 is 5.32 Å². The predicted octanol–water partition coefficient (Wildman–Crippen LogP) is 0.990. The van der Waals surface area contributed by atoms with Gasteiger partial charge in [-0.2, -0.15) is 0 Å². The molecule has 0 fully saturated rings. The average Bonchev–Trinajstić information content (AvgIpc) is 2.16. The van der Waals surface area contributed by atoms with Gasteiger partial charge in [0.05, 0.1) is 6.54 Å². The molecule has 0 aliphatic heterocycles. The molecule has 0 heterocycles. The molecule has 0 radical (unpaired) electrons. The molecule has 0 saturated carbocycles. The molecule has 3 nitrogen and oxygen atoms in total. The van der Waals surface area contributed by atoms with Crippen LogP contribution in [0.1, 0.15) is 6.92 Å². The van der Waals surface area contributed by atoms with Crippen molar-refractivity contribution in [3.63, 3.8) is 0 Å². The van der Waals surface area contributed by atoms with Crippen molar-refractivity contribution in [3.8, 4) is 0 Å². The lowest BCUT2D eigenvalue weighted by Gasteiger charge is -1.99. The molecule has 0 unspecified atom stereocenters. The van der Waals surface area contributed by atoms with Crippen LogP contribution in [0.2, 0.25) is 0 Å². The fraction of sp³-hybridized carbons (Fsp3) is 0.200. The molecule has 0 saturated heterocycles. The van der Waals surface area contributed by atoms with Gasteiger partial charge in [0, 0.05) is 5.57 Å². The van der Waals surface area contributed by atoms with Crippen molar-refractivity contribution in [1.29, 1.82) is 0 Å². The van der Waals surface area contributed by atoms with Crippen LogP contribution >= 0.6 is 0 Å². The summed E-state index contributed by atoms with van der Waals surface area (Å²) in [4.78, 5) is 21.2. The summed E-state index contributed by atoms with van der Waals surface area (Å²) in [6, 6.07) is 0. The largest absolute Gasteiger partial charge is 0.345 e. The van der Waals surface area contributed by atoms with Crippen LogP contribution in [0.15, 0.2) is 36.5 Å². The molecule has 70 valence electrons. The van der Waals surface area contributed by atoms with Crippen molar-refractivity contribution >= 4 is 12.2 Å². The van der Waals surface area contributed by atoms with Crippen LogP contribution in [0.4, 0.5) is 0 Å². The van der Waals surface area contributed by atoms with Crippen molar-refractivity contribution in [2.24, 2.45) is 0 Å². The minimum absolute atomic E-state index is 0.0276. The second-order valence-electron chi connectivity index (χ2n) is 2.23. The minimum Gasteiger partial charge on any atom is -0.345 e. The Hall–Kier alpha value is -1.64. The van der Waals surface area contributed by atoms with Gasteiger partial charge in [-0.15, -0.1) is 0 Å². The van der Waals surface area contributed by atoms with Crippen molar-refractivity contribution in [3.05, 3.63) is 36.5 Å². The van der Waals surface area contributed by atoms with Gasteiger partial charge in [0.15, 0.2) is 0 Å². The van der Waals surface area contributed by atoms with E-state index in [0.29, 0.717) is 11.9 Å². The van der Waals surface area contributed by atoms with Crippen molar-refractivity contribution in [2.45, 2.75) is 6.92 Å². The molecule has 0 aliphatic rings. The molecule has 0 atom stereocenters. The highest BCUT2D eigenvalue weighted by atomic mass is 16.2. The minimum atomic E-state index is -0.291. The number of amides is 1. The van der Waals surface area contributed by atoms with Crippen molar-refractivity contribution < 1.29 is 9.59 Å². The molecular formula is C10H13NO2. The van der Waals surface area contributed by atoms with Gasteiger partial charge in [0.2, 0.25) is 0 Å². The van der Waals surface area contributed by atoms with Gasteiger partial charge in [-0.05, 0) is 13.0 Å². The van der Waals surface area contributed by atoms with E-state index in [1.54, 1.807) is 18.2 Å². The molecule has 0 aromatic heterocycles. The fourth-order valence-electron chi connectivity index (χ4n) is 0.673. The smallest absolute Gasteiger partial charge is 0.251 e. The number of allylic oxidation sites excluding steroid dienone is 3. The van der Waals surface area contributed by atoms with E-state index in [2.05, 4.69) is 11.9 Å². The number of nitrogens with one attached hydrogen (secondary N) is 1. The van der Waals surface area contributed by atoms with Crippen LogP contribution in [-0.4, -0.2) is 18.7 Å². The zero-order chi connectivity index (χ0) is 10.1. The van der Waals surface area contributed by atoms with Gasteiger partial charge >= 0.3 is 0 Å². The highest BCUT2D eigenvalue weighted by Crippen LogP contribution is 1.95. The molecule has 0 aromatic rings. The molecule has 0 aliphatic carbocycles. The van der Waals surface area contributed by atoms with E-state index in [1.807, 2.05) is 6.92 Å². The Morgan fingerprint density at radius 1 is 1.54 bits per heavy atom. The number of carbonyl (C=O) groups excluding carboxylic acids is 2. The molecule has 1 amide bonds. The van der Waals surface area contributed by atoms with E-state index in [-0.39, 0.29) is 12.5 Å². The van der Waals surface area contributed by atoms with Gasteiger partial charge in [0.25, 0.3) is 5.91 Å². The SMILES string of the molecule is C=C/C(=C\C=C/C)C(=O)NCC=O. The lowest BCUT2D eigenvalue weighted by Crippen LogP contribution is -2.25. The maximum Gasteiger partial charge on any atom is 0.251 e. The highest BCUT2D eigenvalue weighted by molar-refractivity contribution is 5.97. The Labute approximate surface area is 77.8 Å². The molecule has 13 heavy (non-hydrogen) atoms. The Morgan fingerprint density at radius 3 is 2.69 bits per heavy atom. The normalized spacial score (nSPS) is 11.3.